The first-order valence-electron chi connectivity index (χ1n) is 3.85. The molecule has 1 heteroatoms. The lowest BCUT2D eigenvalue weighted by Gasteiger charge is -2.16. The fraction of sp³-hybridized carbons (Fsp3) is 0.444. The minimum atomic E-state index is 0.922. The Hall–Kier alpha value is -0.850. The molecule has 0 saturated heterocycles. The quantitative estimate of drug-likeness (QED) is 0.480. The van der Waals surface area contributed by atoms with E-state index in [0.29, 0.717) is 0 Å². The van der Waals surface area contributed by atoms with Gasteiger partial charge < -0.3 is 0 Å². The van der Waals surface area contributed by atoms with Crippen molar-refractivity contribution in [2.45, 2.75) is 19.3 Å². The zero-order chi connectivity index (χ0) is 6.81. The van der Waals surface area contributed by atoms with E-state index >= 15 is 0 Å². The summed E-state index contributed by atoms with van der Waals surface area (Å²) in [6.45, 7) is 0.922. The van der Waals surface area contributed by atoms with E-state index in [2.05, 4.69) is 17.1 Å². The molecule has 2 aliphatic rings. The van der Waals surface area contributed by atoms with E-state index in [1.807, 2.05) is 6.21 Å². The van der Waals surface area contributed by atoms with Gasteiger partial charge in [0, 0.05) is 6.21 Å². The van der Waals surface area contributed by atoms with Gasteiger partial charge in [0.05, 0.1) is 6.54 Å². The topological polar surface area (TPSA) is 12.4 Å². The average molecular weight is 133 g/mol. The van der Waals surface area contributed by atoms with E-state index in [0.717, 1.165) is 6.54 Å². The molecular formula is C9H11N. The predicted octanol–water partition coefficient (Wildman–Crippen LogP) is 2.11. The summed E-state index contributed by atoms with van der Waals surface area (Å²) in [6.07, 6.45) is 10.2. The minimum absolute atomic E-state index is 0.922. The van der Waals surface area contributed by atoms with Crippen molar-refractivity contribution in [3.63, 3.8) is 0 Å². The molecule has 1 aliphatic carbocycles. The summed E-state index contributed by atoms with van der Waals surface area (Å²) in [5.41, 5.74) is 2.98. The van der Waals surface area contributed by atoms with Crippen molar-refractivity contribution in [2.24, 2.45) is 4.99 Å². The standard InChI is InChI=1S/C9H11N/c1-2-4-9-7-10-6-5-8(9)3-1/h4-6H,1-3,7H2. The second-order valence-corrected chi connectivity index (χ2v) is 2.80. The number of fused-ring (bicyclic) bond motifs is 1. The van der Waals surface area contributed by atoms with Crippen molar-refractivity contribution in [3.05, 3.63) is 23.3 Å². The van der Waals surface area contributed by atoms with E-state index in [9.17, 15) is 0 Å². The van der Waals surface area contributed by atoms with Crippen LogP contribution in [-0.4, -0.2) is 12.8 Å². The highest BCUT2D eigenvalue weighted by atomic mass is 14.7. The first kappa shape index (κ1) is 5.90. The van der Waals surface area contributed by atoms with Gasteiger partial charge in [-0.15, -0.1) is 0 Å². The lowest BCUT2D eigenvalue weighted by Crippen LogP contribution is -2.03. The van der Waals surface area contributed by atoms with Crippen LogP contribution in [0, 0.1) is 0 Å². The Morgan fingerprint density at radius 2 is 2.30 bits per heavy atom. The third-order valence-electron chi connectivity index (χ3n) is 2.10. The van der Waals surface area contributed by atoms with Gasteiger partial charge in [-0.2, -0.15) is 0 Å². The molecule has 0 bridgehead atoms. The maximum absolute atomic E-state index is 4.19. The van der Waals surface area contributed by atoms with Gasteiger partial charge in [-0.05, 0) is 36.5 Å². The molecule has 1 nitrogen and oxygen atoms in total. The van der Waals surface area contributed by atoms with Crippen LogP contribution in [0.4, 0.5) is 0 Å². The van der Waals surface area contributed by atoms with E-state index in [1.165, 1.54) is 30.4 Å². The smallest absolute Gasteiger partial charge is 0.0639 e. The van der Waals surface area contributed by atoms with Crippen LogP contribution in [0.3, 0.4) is 0 Å². The molecule has 0 unspecified atom stereocenters. The Bertz CT molecular complexity index is 221. The number of hydrogen-bond donors (Lipinski definition) is 0. The molecular weight excluding hydrogens is 122 g/mol. The number of allylic oxidation sites excluding steroid dienone is 2. The van der Waals surface area contributed by atoms with Crippen LogP contribution in [-0.2, 0) is 0 Å². The Labute approximate surface area is 61.2 Å². The minimum Gasteiger partial charge on any atom is -0.288 e. The van der Waals surface area contributed by atoms with Crippen molar-refractivity contribution in [1.82, 2.24) is 0 Å². The molecule has 0 atom stereocenters. The van der Waals surface area contributed by atoms with E-state index in [-0.39, 0.29) is 0 Å². The highest BCUT2D eigenvalue weighted by molar-refractivity contribution is 5.76. The normalized spacial score (nSPS) is 23.2. The van der Waals surface area contributed by atoms with E-state index in [4.69, 9.17) is 0 Å². The third kappa shape index (κ3) is 0.919. The summed E-state index contributed by atoms with van der Waals surface area (Å²) < 4.78 is 0. The zero-order valence-corrected chi connectivity index (χ0v) is 6.01. The highest BCUT2D eigenvalue weighted by Gasteiger charge is 2.10. The molecule has 0 fully saturated rings. The summed E-state index contributed by atoms with van der Waals surface area (Å²) in [7, 11) is 0. The molecule has 0 spiro atoms. The summed E-state index contributed by atoms with van der Waals surface area (Å²) in [6, 6.07) is 0. The molecule has 1 aliphatic heterocycles. The molecule has 2 rings (SSSR count). The predicted molar refractivity (Wildman–Crippen MR) is 43.4 cm³/mol. The third-order valence-corrected chi connectivity index (χ3v) is 2.10. The van der Waals surface area contributed by atoms with E-state index in [1.54, 1.807) is 0 Å². The van der Waals surface area contributed by atoms with Crippen LogP contribution in [0.25, 0.3) is 0 Å². The number of nitrogens with zero attached hydrogens (tertiary/aromatic N) is 1. The van der Waals surface area contributed by atoms with Crippen molar-refractivity contribution in [2.75, 3.05) is 6.54 Å². The highest BCUT2D eigenvalue weighted by Crippen LogP contribution is 2.25. The number of rotatable bonds is 0. The van der Waals surface area contributed by atoms with Crippen LogP contribution < -0.4 is 0 Å². The van der Waals surface area contributed by atoms with Crippen LogP contribution in [0.15, 0.2) is 28.3 Å². The summed E-state index contributed by atoms with van der Waals surface area (Å²) in [5, 5.41) is 0. The lowest BCUT2D eigenvalue weighted by atomic mass is 9.92. The summed E-state index contributed by atoms with van der Waals surface area (Å²) >= 11 is 0. The maximum atomic E-state index is 4.19. The lowest BCUT2D eigenvalue weighted by molar-refractivity contribution is 0.790. The monoisotopic (exact) mass is 133 g/mol. The fourth-order valence-electron chi connectivity index (χ4n) is 1.51. The first-order valence-corrected chi connectivity index (χ1v) is 3.85. The maximum Gasteiger partial charge on any atom is 0.0639 e. The van der Waals surface area contributed by atoms with Gasteiger partial charge in [-0.1, -0.05) is 6.08 Å². The van der Waals surface area contributed by atoms with Crippen molar-refractivity contribution < 1.29 is 0 Å². The van der Waals surface area contributed by atoms with Crippen LogP contribution in [0.2, 0.25) is 0 Å². The SMILES string of the molecule is C1=NCC2=CCCCC2=C1. The molecule has 1 heterocycles. The Morgan fingerprint density at radius 3 is 3.20 bits per heavy atom. The number of aliphatic imine (C=N–C) groups is 1. The van der Waals surface area contributed by atoms with Gasteiger partial charge in [-0.3, -0.25) is 4.99 Å². The van der Waals surface area contributed by atoms with Crippen LogP contribution in [0.1, 0.15) is 19.3 Å². The van der Waals surface area contributed by atoms with Gasteiger partial charge in [-0.25, -0.2) is 0 Å². The summed E-state index contributed by atoms with van der Waals surface area (Å²) in [4.78, 5) is 4.19. The Morgan fingerprint density at radius 1 is 1.30 bits per heavy atom. The molecule has 10 heavy (non-hydrogen) atoms. The van der Waals surface area contributed by atoms with Crippen molar-refractivity contribution in [1.29, 1.82) is 0 Å². The first-order chi connectivity index (χ1) is 4.97. The van der Waals surface area contributed by atoms with Crippen molar-refractivity contribution >= 4 is 6.21 Å². The Kier molecular flexibility index (Phi) is 1.42. The average Bonchev–Trinajstić information content (AvgIpc) is 2.05. The molecule has 0 aromatic carbocycles. The van der Waals surface area contributed by atoms with Gasteiger partial charge in [0.15, 0.2) is 0 Å². The second kappa shape index (κ2) is 2.41. The van der Waals surface area contributed by atoms with E-state index < -0.39 is 0 Å². The van der Waals surface area contributed by atoms with Crippen LogP contribution >= 0.6 is 0 Å². The molecule has 0 aromatic heterocycles. The van der Waals surface area contributed by atoms with Crippen LogP contribution in [0.5, 0.6) is 0 Å². The van der Waals surface area contributed by atoms with Gasteiger partial charge >= 0.3 is 0 Å². The fourth-order valence-corrected chi connectivity index (χ4v) is 1.51. The second-order valence-electron chi connectivity index (χ2n) is 2.80. The Balaban J connectivity index is 2.32. The summed E-state index contributed by atoms with van der Waals surface area (Å²) in [5.74, 6) is 0. The van der Waals surface area contributed by atoms with Gasteiger partial charge in [0.1, 0.15) is 0 Å². The molecule has 52 valence electrons. The number of hydrogen-bond acceptors (Lipinski definition) is 1. The largest absolute Gasteiger partial charge is 0.288 e. The molecule has 0 N–H and O–H groups in total. The molecule has 0 aromatic rings. The van der Waals surface area contributed by atoms with Gasteiger partial charge in [0.25, 0.3) is 0 Å². The number of dihydropyridines is 1. The molecule has 0 radical (unpaired) electrons. The molecule has 0 saturated carbocycles. The van der Waals surface area contributed by atoms with Crippen molar-refractivity contribution in [3.8, 4) is 0 Å². The zero-order valence-electron chi connectivity index (χ0n) is 6.01. The molecule has 0 amide bonds. The van der Waals surface area contributed by atoms with Gasteiger partial charge in [0.2, 0.25) is 0 Å².